The third kappa shape index (κ3) is 14.1. The molecule has 0 aromatic heterocycles. The smallest absolute Gasteiger partial charge is 0.200 e. The lowest BCUT2D eigenvalue weighted by Crippen LogP contribution is -2.64. The minimum absolute atomic E-state index is 0.138. The van der Waals surface area contributed by atoms with Gasteiger partial charge in [-0.1, -0.05) is 80.6 Å². The number of terminal acetylenes is 1. The minimum atomic E-state index is -0.412. The fourth-order valence-corrected chi connectivity index (χ4v) is 6.77. The molecule has 5 rings (SSSR count). The predicted octanol–water partition coefficient (Wildman–Crippen LogP) is 5.43. The molecular weight excluding hydrogens is 837 g/mol. The van der Waals surface area contributed by atoms with E-state index in [1.165, 1.54) is 0 Å². The fraction of sp³-hybridized carbons (Fsp3) is 0.161. The molecule has 0 saturated carbocycles. The molecule has 4 aromatic carbocycles. The summed E-state index contributed by atoms with van der Waals surface area (Å²) in [6, 6.07) is 26.3. The number of hydrogen-bond donors (Lipinski definition) is 0. The summed E-state index contributed by atoms with van der Waals surface area (Å²) in [7, 11) is 3.22. The van der Waals surface area contributed by atoms with Crippen molar-refractivity contribution in [2.24, 2.45) is 0 Å². The van der Waals surface area contributed by atoms with E-state index in [9.17, 15) is 9.59 Å². The van der Waals surface area contributed by atoms with Gasteiger partial charge in [-0.2, -0.15) is 0 Å². The Kier molecular flexibility index (Phi) is 19.4. The number of anilines is 1. The van der Waals surface area contributed by atoms with Gasteiger partial charge in [-0.15, -0.1) is 6.42 Å². The summed E-state index contributed by atoms with van der Waals surface area (Å²) in [5.74, 6) is 51.7. The van der Waals surface area contributed by atoms with Gasteiger partial charge < -0.3 is 14.4 Å². The molecule has 1 aliphatic rings. The Morgan fingerprint density at radius 1 is 0.574 bits per heavy atom. The van der Waals surface area contributed by atoms with Gasteiger partial charge in [-0.05, 0) is 138 Å². The summed E-state index contributed by atoms with van der Waals surface area (Å²) in [5, 5.41) is 0.280. The Morgan fingerprint density at radius 2 is 1.00 bits per heavy atom. The van der Waals surface area contributed by atoms with Crippen LogP contribution in [0.2, 0.25) is 0 Å². The van der Waals surface area contributed by atoms with Crippen LogP contribution in [0, 0.1) is 131 Å². The average Bonchev–Trinajstić information content (AvgIpc) is 3.38. The number of hydrogen-bond acceptors (Lipinski definition) is 6. The van der Waals surface area contributed by atoms with Crippen LogP contribution in [0.25, 0.3) is 17.7 Å². The number of ether oxygens (including phenoxy) is 2. The van der Waals surface area contributed by atoms with Crippen LogP contribution in [0.3, 0.4) is 0 Å². The third-order valence-electron chi connectivity index (χ3n) is 10.2. The highest BCUT2D eigenvalue weighted by Crippen LogP contribution is 2.30. The summed E-state index contributed by atoms with van der Waals surface area (Å²) in [6.45, 7) is 8.68. The summed E-state index contributed by atoms with van der Waals surface area (Å²) >= 11 is 0. The van der Waals surface area contributed by atoms with E-state index in [2.05, 4.69) is 168 Å². The first-order chi connectivity index (χ1) is 33.3. The van der Waals surface area contributed by atoms with Crippen molar-refractivity contribution in [2.45, 2.75) is 32.7 Å². The van der Waals surface area contributed by atoms with Crippen molar-refractivity contribution in [1.82, 2.24) is 4.90 Å². The van der Waals surface area contributed by atoms with Crippen molar-refractivity contribution in [1.29, 1.82) is 0 Å². The van der Waals surface area contributed by atoms with Crippen LogP contribution in [-0.2, 0) is 0 Å². The normalized spacial score (nSPS) is 11.4. The molecule has 0 radical (unpaired) electrons. The second-order valence-corrected chi connectivity index (χ2v) is 14.0. The van der Waals surface area contributed by atoms with Crippen LogP contribution in [0.1, 0.15) is 43.4 Å². The summed E-state index contributed by atoms with van der Waals surface area (Å²) < 4.78 is 10.8. The maximum absolute atomic E-state index is 14.0. The van der Waals surface area contributed by atoms with Crippen molar-refractivity contribution < 1.29 is 9.47 Å². The Morgan fingerprint density at radius 3 is 1.43 bits per heavy atom. The zero-order valence-corrected chi connectivity index (χ0v) is 38.3. The Balaban J connectivity index is 1.37. The quantitative estimate of drug-likeness (QED) is 0.140. The van der Waals surface area contributed by atoms with Crippen LogP contribution in [0.15, 0.2) is 112 Å². The van der Waals surface area contributed by atoms with Crippen LogP contribution in [0.4, 0.5) is 5.69 Å². The van der Waals surface area contributed by atoms with Gasteiger partial charge in [0.1, 0.15) is 11.5 Å². The molecule has 0 heterocycles. The second-order valence-electron chi connectivity index (χ2n) is 14.0. The topological polar surface area (TPSA) is 59.1 Å². The van der Waals surface area contributed by atoms with Crippen molar-refractivity contribution in [3.63, 3.8) is 0 Å². The Labute approximate surface area is 400 Å². The molecule has 4 aromatic rings. The number of nitrogens with zero attached hydrogens (tertiary/aromatic N) is 2. The molecule has 1 atom stereocenters. The second kappa shape index (κ2) is 26.8. The first-order valence-electron chi connectivity index (χ1n) is 21.3. The number of allylic oxidation sites excluding steroid dienone is 4. The zero-order chi connectivity index (χ0) is 48.4. The van der Waals surface area contributed by atoms with Crippen molar-refractivity contribution in [3.05, 3.63) is 150 Å². The first-order valence-corrected chi connectivity index (χ1v) is 21.3. The van der Waals surface area contributed by atoms with Gasteiger partial charge in [-0.25, -0.2) is 0 Å². The van der Waals surface area contributed by atoms with Gasteiger partial charge in [0, 0.05) is 101 Å². The maximum Gasteiger partial charge on any atom is 0.200 e. The van der Waals surface area contributed by atoms with Crippen LogP contribution in [-0.4, -0.2) is 44.8 Å². The third-order valence-corrected chi connectivity index (χ3v) is 10.2. The molecule has 0 bridgehead atoms. The number of likely N-dealkylation sites (N-methyl/N-ethyl adjacent to an activating group) is 1. The maximum atomic E-state index is 14.0. The highest BCUT2D eigenvalue weighted by Gasteiger charge is 2.19. The SMILES string of the molecule is C#CC#CC#CC#CC#CC#CC#CC#CC#CC#CC#CN(CC)c1ccc(C(C=c2c(=O)c(=CC(=C3C=CC(N(CC)CC)C=C3)c3ccc(OC)cc3)c2=O)c2ccc(OC)cc2)cc1. The van der Waals surface area contributed by atoms with Crippen molar-refractivity contribution >= 4 is 23.4 Å². The van der Waals surface area contributed by atoms with E-state index in [4.69, 9.17) is 15.9 Å². The number of rotatable bonds is 12. The van der Waals surface area contributed by atoms with Crippen LogP contribution >= 0.6 is 0 Å². The molecule has 0 saturated heterocycles. The van der Waals surface area contributed by atoms with Gasteiger partial charge in [0.05, 0.1) is 24.7 Å². The summed E-state index contributed by atoms with van der Waals surface area (Å²) in [5.41, 5.74) is 4.55. The van der Waals surface area contributed by atoms with E-state index in [1.54, 1.807) is 26.4 Å². The van der Waals surface area contributed by atoms with E-state index in [0.29, 0.717) is 18.0 Å². The first kappa shape index (κ1) is 49.2. The largest absolute Gasteiger partial charge is 0.497 e. The molecule has 0 aliphatic heterocycles. The highest BCUT2D eigenvalue weighted by molar-refractivity contribution is 5.93. The molecule has 0 N–H and O–H groups in total. The van der Waals surface area contributed by atoms with E-state index in [1.807, 2.05) is 84.6 Å². The Bertz CT molecular complexity index is 3490. The van der Waals surface area contributed by atoms with Crippen molar-refractivity contribution in [3.8, 4) is 142 Å². The van der Waals surface area contributed by atoms with E-state index >= 15 is 0 Å². The van der Waals surface area contributed by atoms with Gasteiger partial charge in [0.2, 0.25) is 10.9 Å². The average molecular weight is 879 g/mol. The van der Waals surface area contributed by atoms with Crippen molar-refractivity contribution in [2.75, 3.05) is 38.8 Å². The van der Waals surface area contributed by atoms with E-state index in [0.717, 1.165) is 46.6 Å². The molecule has 6 heteroatoms. The number of methoxy groups -OCH3 is 2. The molecule has 1 unspecified atom stereocenters. The van der Waals surface area contributed by atoms with Gasteiger partial charge >= 0.3 is 0 Å². The van der Waals surface area contributed by atoms with Crippen LogP contribution in [0.5, 0.6) is 11.5 Å². The monoisotopic (exact) mass is 878 g/mol. The zero-order valence-electron chi connectivity index (χ0n) is 38.3. The summed E-state index contributed by atoms with van der Waals surface area (Å²) in [6.07, 6.45) is 16.9. The van der Waals surface area contributed by atoms with Gasteiger partial charge in [0.25, 0.3) is 0 Å². The van der Waals surface area contributed by atoms with Gasteiger partial charge in [0.15, 0.2) is 0 Å². The lowest BCUT2D eigenvalue weighted by molar-refractivity contribution is 0.287. The van der Waals surface area contributed by atoms with E-state index < -0.39 is 5.92 Å². The fourth-order valence-electron chi connectivity index (χ4n) is 6.77. The van der Waals surface area contributed by atoms with E-state index in [-0.39, 0.29) is 27.3 Å². The molecule has 324 valence electrons. The summed E-state index contributed by atoms with van der Waals surface area (Å²) in [4.78, 5) is 32.2. The number of benzene rings is 3. The Hall–Kier alpha value is -9.78. The molecule has 0 fully saturated rings. The molecule has 6 nitrogen and oxygen atoms in total. The molecule has 0 amide bonds. The lowest BCUT2D eigenvalue weighted by Gasteiger charge is -2.26. The molecule has 1 aliphatic carbocycles. The highest BCUT2D eigenvalue weighted by atomic mass is 16.5. The van der Waals surface area contributed by atoms with Gasteiger partial charge in [-0.3, -0.25) is 14.5 Å². The van der Waals surface area contributed by atoms with Crippen LogP contribution < -0.4 is 35.7 Å². The molecule has 0 spiro atoms. The standard InChI is InChI=1S/C62H42N2O4/c1-7-11-12-13-14-15-16-17-18-19-20-21-22-23-24-25-26-27-28-29-46-64(10-4)54-40-32-50(33-41-54)58(52-36-44-56(68-6)45-37-52)48-60-61(65)59(62(60)66)47-57(51-34-42-55(67-5)43-35-51)49-30-38-53(39-31-49)63(8-2)9-3/h1,30-45,47-48,53,58H,8-10H2,2-6H3. The molecular formula is C62H42N2O4. The minimum Gasteiger partial charge on any atom is -0.497 e. The lowest BCUT2D eigenvalue weighted by atomic mass is 9.89. The molecule has 68 heavy (non-hydrogen) atoms. The predicted molar refractivity (Wildman–Crippen MR) is 275 cm³/mol.